The Kier molecular flexibility index (Phi) is 8.05. The SMILES string of the molecule is CC.COc1cccnc1N1CCN(C(=O)c2cc3c(-c4cnc5ccccc5c4OC)cc(C)c(F)c3[nH]2)CC1. The van der Waals surface area contributed by atoms with Crippen molar-refractivity contribution in [2.75, 3.05) is 45.3 Å². The number of hydrogen-bond donors (Lipinski definition) is 1. The van der Waals surface area contributed by atoms with E-state index in [1.54, 1.807) is 50.6 Å². The Morgan fingerprint density at radius 2 is 1.68 bits per heavy atom. The van der Waals surface area contributed by atoms with E-state index in [1.807, 2.05) is 50.2 Å². The first-order chi connectivity index (χ1) is 20.0. The number of ether oxygens (including phenoxy) is 2. The summed E-state index contributed by atoms with van der Waals surface area (Å²) in [5.41, 5.74) is 3.39. The van der Waals surface area contributed by atoms with Gasteiger partial charge in [-0.25, -0.2) is 9.37 Å². The number of rotatable bonds is 5. The molecule has 2 aromatic carbocycles. The van der Waals surface area contributed by atoms with Crippen LogP contribution in [0.2, 0.25) is 0 Å². The first-order valence-corrected chi connectivity index (χ1v) is 13.8. The second-order valence-electron chi connectivity index (χ2n) is 9.56. The van der Waals surface area contributed by atoms with Gasteiger partial charge in [-0.1, -0.05) is 26.0 Å². The maximum Gasteiger partial charge on any atom is 0.270 e. The zero-order valence-electron chi connectivity index (χ0n) is 24.0. The third kappa shape index (κ3) is 5.03. The molecule has 5 aromatic rings. The standard InChI is InChI=1S/C30H28FN5O3.C2H6/c1-18-15-20(22-17-33-23-8-5-4-7-19(23)28(22)39-3)21-16-24(34-27(21)26(18)31)30(37)36-13-11-35(12-14-36)29-25(38-2)9-6-10-32-29;1-2/h4-10,15-17,34H,11-14H2,1-3H3;1-2H3. The highest BCUT2D eigenvalue weighted by Crippen LogP contribution is 2.40. The van der Waals surface area contributed by atoms with Crippen LogP contribution in [0.4, 0.5) is 10.2 Å². The minimum absolute atomic E-state index is 0.176. The van der Waals surface area contributed by atoms with Gasteiger partial charge in [-0.15, -0.1) is 0 Å². The molecule has 0 saturated carbocycles. The molecular formula is C32H34FN5O3. The minimum atomic E-state index is -0.382. The van der Waals surface area contributed by atoms with E-state index in [1.165, 1.54) is 0 Å². The number of carbonyl (C=O) groups is 1. The first-order valence-electron chi connectivity index (χ1n) is 13.8. The van der Waals surface area contributed by atoms with Crippen LogP contribution in [-0.4, -0.2) is 66.2 Å². The van der Waals surface area contributed by atoms with Crippen LogP contribution in [0.15, 0.2) is 60.9 Å². The van der Waals surface area contributed by atoms with Gasteiger partial charge in [0, 0.05) is 54.9 Å². The van der Waals surface area contributed by atoms with Crippen molar-refractivity contribution in [3.05, 3.63) is 78.0 Å². The molecule has 0 bridgehead atoms. The lowest BCUT2D eigenvalue weighted by Gasteiger charge is -2.35. The number of halogens is 1. The van der Waals surface area contributed by atoms with Crippen molar-refractivity contribution in [1.29, 1.82) is 0 Å². The molecule has 0 spiro atoms. The molecule has 1 amide bonds. The first kappa shape index (κ1) is 27.9. The van der Waals surface area contributed by atoms with Crippen molar-refractivity contribution >= 4 is 33.5 Å². The van der Waals surface area contributed by atoms with Gasteiger partial charge in [-0.2, -0.15) is 0 Å². The number of nitrogens with zero attached hydrogens (tertiary/aromatic N) is 4. The second kappa shape index (κ2) is 11.8. The Balaban J connectivity index is 0.00000165. The van der Waals surface area contributed by atoms with Crippen LogP contribution in [0.1, 0.15) is 29.9 Å². The minimum Gasteiger partial charge on any atom is -0.495 e. The van der Waals surface area contributed by atoms with Crippen LogP contribution >= 0.6 is 0 Å². The highest BCUT2D eigenvalue weighted by Gasteiger charge is 2.27. The summed E-state index contributed by atoms with van der Waals surface area (Å²) < 4.78 is 26.6. The third-order valence-corrected chi connectivity index (χ3v) is 7.32. The molecule has 41 heavy (non-hydrogen) atoms. The number of amides is 1. The molecule has 0 atom stereocenters. The molecule has 212 valence electrons. The fraction of sp³-hybridized carbons (Fsp3) is 0.281. The number of fused-ring (bicyclic) bond motifs is 2. The molecule has 9 heteroatoms. The highest BCUT2D eigenvalue weighted by atomic mass is 19.1. The lowest BCUT2D eigenvalue weighted by atomic mass is 9.97. The van der Waals surface area contributed by atoms with E-state index in [2.05, 4.69) is 19.9 Å². The second-order valence-corrected chi connectivity index (χ2v) is 9.56. The zero-order valence-corrected chi connectivity index (χ0v) is 24.0. The van der Waals surface area contributed by atoms with Gasteiger partial charge in [0.25, 0.3) is 5.91 Å². The van der Waals surface area contributed by atoms with Crippen LogP contribution < -0.4 is 14.4 Å². The summed E-state index contributed by atoms with van der Waals surface area (Å²) in [6.45, 7) is 7.94. The molecule has 1 fully saturated rings. The number of para-hydroxylation sites is 1. The van der Waals surface area contributed by atoms with E-state index in [0.29, 0.717) is 59.8 Å². The average molecular weight is 556 g/mol. The van der Waals surface area contributed by atoms with Gasteiger partial charge in [0.05, 0.1) is 25.3 Å². The Morgan fingerprint density at radius 3 is 2.41 bits per heavy atom. The molecule has 1 N–H and O–H groups in total. The predicted octanol–water partition coefficient (Wildman–Crippen LogP) is 6.23. The third-order valence-electron chi connectivity index (χ3n) is 7.32. The van der Waals surface area contributed by atoms with Crippen LogP contribution in [0.3, 0.4) is 0 Å². The molecule has 3 aromatic heterocycles. The molecule has 1 aliphatic heterocycles. The monoisotopic (exact) mass is 555 g/mol. The lowest BCUT2D eigenvalue weighted by Crippen LogP contribution is -2.49. The molecule has 0 unspecified atom stereocenters. The maximum atomic E-state index is 15.3. The summed E-state index contributed by atoms with van der Waals surface area (Å²) in [4.78, 5) is 29.6. The summed E-state index contributed by atoms with van der Waals surface area (Å²) in [7, 11) is 3.24. The number of benzene rings is 2. The number of nitrogens with one attached hydrogen (secondary N) is 1. The maximum absolute atomic E-state index is 15.3. The van der Waals surface area contributed by atoms with E-state index >= 15 is 4.39 Å². The molecule has 6 rings (SSSR count). The molecule has 4 heterocycles. The Hall–Kier alpha value is -4.66. The molecule has 0 aliphatic carbocycles. The Labute approximate surface area is 238 Å². The molecule has 1 aliphatic rings. The van der Waals surface area contributed by atoms with Crippen LogP contribution in [0.5, 0.6) is 11.5 Å². The number of pyridine rings is 2. The van der Waals surface area contributed by atoms with Gasteiger partial charge in [-0.3, -0.25) is 9.78 Å². The Bertz CT molecular complexity index is 1710. The molecular weight excluding hydrogens is 521 g/mol. The highest BCUT2D eigenvalue weighted by molar-refractivity contribution is 6.05. The number of carbonyl (C=O) groups excluding carboxylic acids is 1. The number of piperazine rings is 1. The quantitative estimate of drug-likeness (QED) is 0.277. The van der Waals surface area contributed by atoms with Crippen molar-refractivity contribution in [3.63, 3.8) is 0 Å². The van der Waals surface area contributed by atoms with Gasteiger partial charge >= 0.3 is 0 Å². The lowest BCUT2D eigenvalue weighted by molar-refractivity contribution is 0.0741. The number of methoxy groups -OCH3 is 2. The summed E-state index contributed by atoms with van der Waals surface area (Å²) in [5, 5.41) is 1.47. The van der Waals surface area contributed by atoms with Crippen molar-refractivity contribution in [2.45, 2.75) is 20.8 Å². The summed E-state index contributed by atoms with van der Waals surface area (Å²) in [5.74, 6) is 1.56. The van der Waals surface area contributed by atoms with Gasteiger partial charge in [0.1, 0.15) is 17.3 Å². The number of aromatic nitrogens is 3. The van der Waals surface area contributed by atoms with Crippen LogP contribution in [-0.2, 0) is 0 Å². The van der Waals surface area contributed by atoms with Crippen molar-refractivity contribution in [1.82, 2.24) is 19.9 Å². The van der Waals surface area contributed by atoms with Gasteiger partial charge in [-0.05, 0) is 54.4 Å². The number of aryl methyl sites for hydroxylation is 1. The van der Waals surface area contributed by atoms with E-state index in [0.717, 1.165) is 27.8 Å². The van der Waals surface area contributed by atoms with Gasteiger partial charge in [0.2, 0.25) is 0 Å². The summed E-state index contributed by atoms with van der Waals surface area (Å²) in [6, 6.07) is 14.9. The van der Waals surface area contributed by atoms with E-state index < -0.39 is 0 Å². The number of H-pyrrole nitrogens is 1. The van der Waals surface area contributed by atoms with Crippen molar-refractivity contribution in [2.24, 2.45) is 0 Å². The van der Waals surface area contributed by atoms with Crippen molar-refractivity contribution in [3.8, 4) is 22.6 Å². The van der Waals surface area contributed by atoms with Gasteiger partial charge < -0.3 is 24.3 Å². The number of hydrogen-bond acceptors (Lipinski definition) is 6. The summed E-state index contributed by atoms with van der Waals surface area (Å²) in [6.07, 6.45) is 3.47. The van der Waals surface area contributed by atoms with Gasteiger partial charge in [0.15, 0.2) is 11.6 Å². The smallest absolute Gasteiger partial charge is 0.270 e. The zero-order chi connectivity index (χ0) is 29.1. The molecule has 0 radical (unpaired) electrons. The topological polar surface area (TPSA) is 83.6 Å². The van der Waals surface area contributed by atoms with Crippen LogP contribution in [0.25, 0.3) is 32.9 Å². The normalized spacial score (nSPS) is 13.2. The van der Waals surface area contributed by atoms with Crippen molar-refractivity contribution < 1.29 is 18.7 Å². The average Bonchev–Trinajstić information content (AvgIpc) is 3.49. The summed E-state index contributed by atoms with van der Waals surface area (Å²) >= 11 is 0. The fourth-order valence-electron chi connectivity index (χ4n) is 5.33. The largest absolute Gasteiger partial charge is 0.495 e. The predicted molar refractivity (Wildman–Crippen MR) is 161 cm³/mol. The van der Waals surface area contributed by atoms with Crippen LogP contribution in [0, 0.1) is 12.7 Å². The van der Waals surface area contributed by atoms with E-state index in [4.69, 9.17) is 9.47 Å². The molecule has 8 nitrogen and oxygen atoms in total. The van der Waals surface area contributed by atoms with E-state index in [-0.39, 0.29) is 11.7 Å². The van der Waals surface area contributed by atoms with E-state index in [9.17, 15) is 4.79 Å². The fourth-order valence-corrected chi connectivity index (χ4v) is 5.33. The number of anilines is 1. The number of aromatic amines is 1. The molecule has 1 saturated heterocycles. The Morgan fingerprint density at radius 1 is 0.927 bits per heavy atom.